The third kappa shape index (κ3) is 5.18. The summed E-state index contributed by atoms with van der Waals surface area (Å²) in [5.74, 6) is 0.744. The summed E-state index contributed by atoms with van der Waals surface area (Å²) in [5, 5.41) is 10.2. The van der Waals surface area contributed by atoms with Gasteiger partial charge in [-0.2, -0.15) is 0 Å². The minimum atomic E-state index is -3.78. The molecule has 0 aliphatic carbocycles. The zero-order valence-corrected chi connectivity index (χ0v) is 13.7. The van der Waals surface area contributed by atoms with Gasteiger partial charge in [0.05, 0.1) is 18.4 Å². The van der Waals surface area contributed by atoms with E-state index in [4.69, 9.17) is 10.5 Å². The first-order valence-electron chi connectivity index (χ1n) is 6.73. The lowest BCUT2D eigenvalue weighted by Crippen LogP contribution is -2.41. The first kappa shape index (κ1) is 17.7. The normalized spacial score (nSPS) is 15.0. The second-order valence-electron chi connectivity index (χ2n) is 5.82. The molecule has 0 heterocycles. The van der Waals surface area contributed by atoms with Gasteiger partial charge in [-0.1, -0.05) is 13.8 Å². The highest BCUT2D eigenvalue weighted by Crippen LogP contribution is 2.24. The van der Waals surface area contributed by atoms with E-state index in [2.05, 4.69) is 4.72 Å². The number of aliphatic hydroxyl groups is 1. The van der Waals surface area contributed by atoms with Crippen LogP contribution >= 0.6 is 0 Å². The molecule has 1 unspecified atom stereocenters. The quantitative estimate of drug-likeness (QED) is 0.659. The van der Waals surface area contributed by atoms with E-state index in [1.54, 1.807) is 6.92 Å². The smallest absolute Gasteiger partial charge is 0.242 e. The van der Waals surface area contributed by atoms with Crippen LogP contribution in [-0.4, -0.2) is 32.8 Å². The number of benzene rings is 1. The molecule has 0 amide bonds. The van der Waals surface area contributed by atoms with Crippen molar-refractivity contribution in [3.8, 4) is 5.75 Å². The molecule has 0 saturated carbocycles. The first-order valence-corrected chi connectivity index (χ1v) is 8.21. The fourth-order valence-electron chi connectivity index (χ4n) is 2.18. The number of nitrogen functional groups attached to an aromatic ring is 1. The SMILES string of the molecule is COc1ccc(S(=O)(=O)NCC(C)(O)CC(C)C)c(N)c1. The standard InChI is InChI=1S/C14H24N2O4S/c1-10(2)8-14(3,17)9-16-21(18,19)13-6-5-11(20-4)7-12(13)15/h5-7,10,16-17H,8-9,15H2,1-4H3. The van der Waals surface area contributed by atoms with Crippen molar-refractivity contribution >= 4 is 15.7 Å². The molecule has 120 valence electrons. The molecule has 0 radical (unpaired) electrons. The highest BCUT2D eigenvalue weighted by atomic mass is 32.2. The largest absolute Gasteiger partial charge is 0.497 e. The molecule has 0 aliphatic rings. The van der Waals surface area contributed by atoms with Crippen LogP contribution in [0.25, 0.3) is 0 Å². The van der Waals surface area contributed by atoms with Crippen LogP contribution < -0.4 is 15.2 Å². The summed E-state index contributed by atoms with van der Waals surface area (Å²) in [6.07, 6.45) is 0.494. The van der Waals surface area contributed by atoms with Crippen LogP contribution in [0.15, 0.2) is 23.1 Å². The van der Waals surface area contributed by atoms with Crippen LogP contribution in [0, 0.1) is 5.92 Å². The minimum absolute atomic E-state index is 0.0244. The topological polar surface area (TPSA) is 102 Å². The van der Waals surface area contributed by atoms with E-state index in [1.807, 2.05) is 13.8 Å². The van der Waals surface area contributed by atoms with Gasteiger partial charge in [-0.3, -0.25) is 0 Å². The Morgan fingerprint density at radius 2 is 2.05 bits per heavy atom. The van der Waals surface area contributed by atoms with E-state index in [0.717, 1.165) is 0 Å². The third-order valence-corrected chi connectivity index (χ3v) is 4.47. The Morgan fingerprint density at radius 1 is 1.43 bits per heavy atom. The lowest BCUT2D eigenvalue weighted by atomic mass is 9.95. The summed E-state index contributed by atoms with van der Waals surface area (Å²) in [7, 11) is -2.30. The van der Waals surface area contributed by atoms with Crippen molar-refractivity contribution in [3.63, 3.8) is 0 Å². The molecule has 7 heteroatoms. The Hall–Kier alpha value is -1.31. The molecular weight excluding hydrogens is 292 g/mol. The number of anilines is 1. The van der Waals surface area contributed by atoms with Gasteiger partial charge in [-0.15, -0.1) is 0 Å². The number of hydrogen-bond donors (Lipinski definition) is 3. The van der Waals surface area contributed by atoms with E-state index >= 15 is 0 Å². The molecule has 1 atom stereocenters. The summed E-state index contributed by atoms with van der Waals surface area (Å²) in [4.78, 5) is -0.0244. The van der Waals surface area contributed by atoms with Gasteiger partial charge in [0.2, 0.25) is 10.0 Å². The number of hydrogen-bond acceptors (Lipinski definition) is 5. The lowest BCUT2D eigenvalue weighted by Gasteiger charge is -2.25. The van der Waals surface area contributed by atoms with Crippen molar-refractivity contribution in [1.29, 1.82) is 0 Å². The van der Waals surface area contributed by atoms with Gasteiger partial charge in [-0.05, 0) is 31.4 Å². The Bertz CT molecular complexity index is 583. The van der Waals surface area contributed by atoms with Gasteiger partial charge >= 0.3 is 0 Å². The summed E-state index contributed by atoms with van der Waals surface area (Å²) in [6, 6.07) is 4.35. The fraction of sp³-hybridized carbons (Fsp3) is 0.571. The highest BCUT2D eigenvalue weighted by molar-refractivity contribution is 7.89. The van der Waals surface area contributed by atoms with Crippen molar-refractivity contribution < 1.29 is 18.3 Å². The van der Waals surface area contributed by atoms with Crippen LogP contribution in [0.4, 0.5) is 5.69 Å². The molecule has 0 fully saturated rings. The predicted octanol–water partition coefficient (Wildman–Crippen LogP) is 1.35. The van der Waals surface area contributed by atoms with Gasteiger partial charge in [-0.25, -0.2) is 13.1 Å². The zero-order valence-electron chi connectivity index (χ0n) is 12.9. The lowest BCUT2D eigenvalue weighted by molar-refractivity contribution is 0.0437. The highest BCUT2D eigenvalue weighted by Gasteiger charge is 2.26. The number of rotatable bonds is 7. The second kappa shape index (κ2) is 6.64. The number of nitrogens with one attached hydrogen (secondary N) is 1. The van der Waals surface area contributed by atoms with E-state index < -0.39 is 15.6 Å². The molecule has 0 bridgehead atoms. The van der Waals surface area contributed by atoms with E-state index in [-0.39, 0.29) is 23.0 Å². The molecule has 1 aromatic carbocycles. The molecule has 4 N–H and O–H groups in total. The van der Waals surface area contributed by atoms with Gasteiger partial charge in [0.1, 0.15) is 10.6 Å². The molecule has 1 rings (SSSR count). The van der Waals surface area contributed by atoms with Crippen molar-refractivity contribution in [2.75, 3.05) is 19.4 Å². The predicted molar refractivity (Wildman–Crippen MR) is 82.7 cm³/mol. The Labute approximate surface area is 126 Å². The first-order chi connectivity index (χ1) is 9.57. The summed E-state index contributed by atoms with van der Waals surface area (Å²) in [5.41, 5.74) is 4.73. The van der Waals surface area contributed by atoms with E-state index in [1.165, 1.54) is 25.3 Å². The van der Waals surface area contributed by atoms with Crippen molar-refractivity contribution in [1.82, 2.24) is 4.72 Å². The molecule has 0 aromatic heterocycles. The Kier molecular flexibility index (Phi) is 5.61. The molecular formula is C14H24N2O4S. The number of ether oxygens (including phenoxy) is 1. The van der Waals surface area contributed by atoms with Crippen molar-refractivity contribution in [2.24, 2.45) is 5.92 Å². The zero-order chi connectivity index (χ0) is 16.3. The Morgan fingerprint density at radius 3 is 2.52 bits per heavy atom. The van der Waals surface area contributed by atoms with Gasteiger partial charge < -0.3 is 15.6 Å². The maximum Gasteiger partial charge on any atom is 0.242 e. The monoisotopic (exact) mass is 316 g/mol. The van der Waals surface area contributed by atoms with Gasteiger partial charge in [0.15, 0.2) is 0 Å². The Balaban J connectivity index is 2.87. The van der Waals surface area contributed by atoms with E-state index in [9.17, 15) is 13.5 Å². The molecule has 0 aliphatic heterocycles. The number of nitrogens with two attached hydrogens (primary N) is 1. The van der Waals surface area contributed by atoms with Crippen molar-refractivity contribution in [3.05, 3.63) is 18.2 Å². The van der Waals surface area contributed by atoms with Crippen LogP contribution in [0.5, 0.6) is 5.75 Å². The molecule has 0 saturated heterocycles. The van der Waals surface area contributed by atoms with Crippen LogP contribution in [0.3, 0.4) is 0 Å². The van der Waals surface area contributed by atoms with Crippen LogP contribution in [-0.2, 0) is 10.0 Å². The fourth-order valence-corrected chi connectivity index (χ4v) is 3.45. The van der Waals surface area contributed by atoms with Gasteiger partial charge in [0.25, 0.3) is 0 Å². The third-order valence-electron chi connectivity index (χ3n) is 3.00. The second-order valence-corrected chi connectivity index (χ2v) is 7.56. The summed E-state index contributed by atoms with van der Waals surface area (Å²) in [6.45, 7) is 5.46. The van der Waals surface area contributed by atoms with E-state index in [0.29, 0.717) is 12.2 Å². The van der Waals surface area contributed by atoms with Crippen LogP contribution in [0.2, 0.25) is 0 Å². The average Bonchev–Trinajstić information content (AvgIpc) is 2.34. The number of sulfonamides is 1. The molecule has 1 aromatic rings. The maximum absolute atomic E-state index is 12.2. The van der Waals surface area contributed by atoms with Crippen molar-refractivity contribution in [2.45, 2.75) is 37.7 Å². The summed E-state index contributed by atoms with van der Waals surface area (Å²) >= 11 is 0. The van der Waals surface area contributed by atoms with Crippen LogP contribution in [0.1, 0.15) is 27.2 Å². The molecule has 21 heavy (non-hydrogen) atoms. The molecule has 0 spiro atoms. The molecule has 6 nitrogen and oxygen atoms in total. The average molecular weight is 316 g/mol. The minimum Gasteiger partial charge on any atom is -0.497 e. The van der Waals surface area contributed by atoms with Gasteiger partial charge in [0, 0.05) is 12.6 Å². The number of methoxy groups -OCH3 is 1. The maximum atomic E-state index is 12.2. The summed E-state index contributed by atoms with van der Waals surface area (Å²) < 4.78 is 31.9.